The van der Waals surface area contributed by atoms with Gasteiger partial charge in [-0.3, -0.25) is 0 Å². The van der Waals surface area contributed by atoms with Crippen molar-refractivity contribution in [2.75, 3.05) is 0 Å². The molecule has 1 atom stereocenters. The summed E-state index contributed by atoms with van der Waals surface area (Å²) in [5, 5.41) is 0. The van der Waals surface area contributed by atoms with E-state index in [0.29, 0.717) is 0 Å². The van der Waals surface area contributed by atoms with Crippen molar-refractivity contribution in [1.82, 2.24) is 0 Å². The molecule has 0 heterocycles. The maximum absolute atomic E-state index is 11.9. The van der Waals surface area contributed by atoms with Gasteiger partial charge in [-0.2, -0.15) is 0 Å². The second kappa shape index (κ2) is 2.90. The van der Waals surface area contributed by atoms with Gasteiger partial charge in [0.15, 0.2) is 0 Å². The van der Waals surface area contributed by atoms with Crippen LogP contribution in [0, 0.1) is 0 Å². The molecule has 0 amide bonds. The number of rotatable bonds is 0. The molecule has 1 aromatic rings. The summed E-state index contributed by atoms with van der Waals surface area (Å²) in [5.41, 5.74) is -0.584. The van der Waals surface area contributed by atoms with Crippen molar-refractivity contribution in [3.05, 3.63) is 29.8 Å². The van der Waals surface area contributed by atoms with Crippen LogP contribution in [-0.2, 0) is 6.18 Å². The molecule has 0 saturated heterocycles. The van der Waals surface area contributed by atoms with Crippen LogP contribution in [0.2, 0.25) is 0 Å². The van der Waals surface area contributed by atoms with Gasteiger partial charge in [-0.05, 0) is 0 Å². The van der Waals surface area contributed by atoms with Gasteiger partial charge >= 0.3 is 70.4 Å². The number of hydrogen-bond acceptors (Lipinski definition) is 0. The molecule has 1 aromatic carbocycles. The fourth-order valence-electron chi connectivity index (χ4n) is 0.672. The van der Waals surface area contributed by atoms with Gasteiger partial charge in [0.25, 0.3) is 0 Å². The third kappa shape index (κ3) is 2.26. The first-order valence-electron chi connectivity index (χ1n) is 2.93. The van der Waals surface area contributed by atoms with Gasteiger partial charge in [-0.25, -0.2) is 0 Å². The number of hydrogen-bond donors (Lipinski definition) is 0. The van der Waals surface area contributed by atoms with Crippen LogP contribution < -0.4 is 4.35 Å². The van der Waals surface area contributed by atoms with Crippen molar-refractivity contribution < 1.29 is 13.2 Å². The van der Waals surface area contributed by atoms with Gasteiger partial charge < -0.3 is 0 Å². The molecule has 4 heteroatoms. The van der Waals surface area contributed by atoms with Crippen LogP contribution in [0.15, 0.2) is 24.3 Å². The zero-order valence-corrected chi connectivity index (χ0v) is 7.94. The monoisotopic (exact) mass is 222 g/mol. The Labute approximate surface area is 70.9 Å². The van der Waals surface area contributed by atoms with Crippen molar-refractivity contribution in [1.29, 1.82) is 0 Å². The SMILES string of the molecule is FC(F)(F)c1ccc([AsH2])cc1. The topological polar surface area (TPSA) is 0 Å². The van der Waals surface area contributed by atoms with Gasteiger partial charge in [-0.15, -0.1) is 0 Å². The van der Waals surface area contributed by atoms with Crippen LogP contribution in [0.1, 0.15) is 5.56 Å². The Kier molecular flexibility index (Phi) is 2.28. The average Bonchev–Trinajstić information content (AvgIpc) is 1.86. The van der Waals surface area contributed by atoms with Gasteiger partial charge in [0.1, 0.15) is 0 Å². The maximum atomic E-state index is 11.9. The van der Waals surface area contributed by atoms with Crippen molar-refractivity contribution in [3.8, 4) is 0 Å². The van der Waals surface area contributed by atoms with Crippen LogP contribution in [0.4, 0.5) is 13.2 Å². The Morgan fingerprint density at radius 3 is 1.82 bits per heavy atom. The summed E-state index contributed by atoms with van der Waals surface area (Å²) in [7, 11) is 0. The van der Waals surface area contributed by atoms with E-state index < -0.39 is 11.7 Å². The molecule has 0 N–H and O–H groups in total. The number of benzene rings is 1. The van der Waals surface area contributed by atoms with Crippen LogP contribution in [0.25, 0.3) is 0 Å². The van der Waals surface area contributed by atoms with Gasteiger partial charge in [0.05, 0.1) is 0 Å². The molecule has 0 fully saturated rings. The predicted molar refractivity (Wildman–Crippen MR) is 39.6 cm³/mol. The summed E-state index contributed by atoms with van der Waals surface area (Å²) in [5.74, 6) is 0. The minimum atomic E-state index is -4.21. The average molecular weight is 222 g/mol. The second-order valence-corrected chi connectivity index (χ2v) is 3.52. The minimum absolute atomic E-state index is 0.584. The Morgan fingerprint density at radius 2 is 1.45 bits per heavy atom. The van der Waals surface area contributed by atoms with E-state index in [1.165, 1.54) is 29.0 Å². The van der Waals surface area contributed by atoms with E-state index in [1.807, 2.05) is 0 Å². The summed E-state index contributed by atoms with van der Waals surface area (Å²) >= 11 is 1.32. The predicted octanol–water partition coefficient (Wildman–Crippen LogP) is 0.964. The van der Waals surface area contributed by atoms with Crippen LogP contribution in [0.3, 0.4) is 0 Å². The van der Waals surface area contributed by atoms with E-state index in [2.05, 4.69) is 0 Å². The molecule has 1 unspecified atom stereocenters. The first-order valence-corrected chi connectivity index (χ1v) is 4.14. The van der Waals surface area contributed by atoms with E-state index in [-0.39, 0.29) is 0 Å². The first kappa shape index (κ1) is 8.66. The summed E-state index contributed by atoms with van der Waals surface area (Å²) in [4.78, 5) is 0. The van der Waals surface area contributed by atoms with Crippen molar-refractivity contribution >= 4 is 21.2 Å². The van der Waals surface area contributed by atoms with Gasteiger partial charge in [0.2, 0.25) is 0 Å². The fraction of sp³-hybridized carbons (Fsp3) is 0.143. The quantitative estimate of drug-likeness (QED) is 0.573. The molecule has 0 nitrogen and oxygen atoms in total. The van der Waals surface area contributed by atoms with Crippen molar-refractivity contribution in [3.63, 3.8) is 0 Å². The molecule has 0 aliphatic rings. The summed E-state index contributed by atoms with van der Waals surface area (Å²) < 4.78 is 36.7. The third-order valence-electron chi connectivity index (χ3n) is 1.24. The summed E-state index contributed by atoms with van der Waals surface area (Å²) in [6.45, 7) is 0. The molecule has 1 rings (SSSR count). The second-order valence-electron chi connectivity index (χ2n) is 2.12. The Bertz CT molecular complexity index is 237. The van der Waals surface area contributed by atoms with Crippen LogP contribution >= 0.6 is 0 Å². The first-order chi connectivity index (χ1) is 5.00. The molecule has 0 saturated carbocycles. The Hall–Kier alpha value is -0.432. The molecule has 60 valence electrons. The number of halogens is 3. The molecular weight excluding hydrogens is 216 g/mol. The summed E-state index contributed by atoms with van der Waals surface area (Å²) in [6.07, 6.45) is -4.21. The van der Waals surface area contributed by atoms with Gasteiger partial charge in [0, 0.05) is 0 Å². The zero-order valence-electron chi connectivity index (χ0n) is 5.52. The Balaban J connectivity index is 2.99. The normalized spacial score (nSPS) is 11.6. The molecule has 0 bridgehead atoms. The molecule has 11 heavy (non-hydrogen) atoms. The van der Waals surface area contributed by atoms with Crippen LogP contribution in [0.5, 0.6) is 0 Å². The van der Waals surface area contributed by atoms with E-state index in [1.54, 1.807) is 0 Å². The van der Waals surface area contributed by atoms with E-state index >= 15 is 0 Å². The third-order valence-corrected chi connectivity index (χ3v) is 2.05. The van der Waals surface area contributed by atoms with E-state index in [0.717, 1.165) is 16.5 Å². The van der Waals surface area contributed by atoms with Gasteiger partial charge in [-0.1, -0.05) is 0 Å². The van der Waals surface area contributed by atoms with Crippen molar-refractivity contribution in [2.45, 2.75) is 6.18 Å². The number of alkyl halides is 3. The molecule has 0 aliphatic heterocycles. The summed E-state index contributed by atoms with van der Waals surface area (Å²) in [6, 6.07) is 5.14. The molecule has 0 radical (unpaired) electrons. The molecule has 0 aromatic heterocycles. The fourth-order valence-corrected chi connectivity index (χ4v) is 1.08. The zero-order chi connectivity index (χ0) is 8.48. The van der Waals surface area contributed by atoms with Crippen LogP contribution in [-0.4, -0.2) is 16.9 Å². The molecule has 0 spiro atoms. The molecular formula is C7H6AsF3. The van der Waals surface area contributed by atoms with E-state index in [4.69, 9.17) is 0 Å². The Morgan fingerprint density at radius 1 is 1.00 bits per heavy atom. The van der Waals surface area contributed by atoms with E-state index in [9.17, 15) is 13.2 Å². The molecule has 0 aliphatic carbocycles. The van der Waals surface area contributed by atoms with Crippen molar-refractivity contribution in [2.24, 2.45) is 0 Å². The standard InChI is InChI=1S/C7H6AsF3/c8-6-3-1-5(2-4-6)7(9,10)11/h1-4H,8H2.